The van der Waals surface area contributed by atoms with Crippen molar-refractivity contribution in [3.8, 4) is 16.4 Å². The Morgan fingerprint density at radius 1 is 0.903 bits per heavy atom. The highest BCUT2D eigenvalue weighted by Gasteiger charge is 2.27. The van der Waals surface area contributed by atoms with Gasteiger partial charge in [0.2, 0.25) is 5.82 Å². The van der Waals surface area contributed by atoms with E-state index < -0.39 is 0 Å². The molecular weight excluding hydrogens is 430 g/mol. The number of carbonyl (C=O) groups is 1. The number of para-hydroxylation sites is 2. The minimum atomic E-state index is -0.147. The van der Waals surface area contributed by atoms with Gasteiger partial charge in [0, 0.05) is 26.2 Å². The number of hydrogen-bond donors (Lipinski definition) is 0. The zero-order valence-corrected chi connectivity index (χ0v) is 18.3. The molecule has 1 saturated heterocycles. The van der Waals surface area contributed by atoms with E-state index in [4.69, 9.17) is 11.6 Å². The van der Waals surface area contributed by atoms with Gasteiger partial charge in [-0.2, -0.15) is 0 Å². The topological polar surface area (TPSA) is 54.3 Å². The predicted octanol–water partition coefficient (Wildman–Crippen LogP) is 4.61. The third kappa shape index (κ3) is 3.94. The van der Waals surface area contributed by atoms with Crippen molar-refractivity contribution >= 4 is 34.5 Å². The molecule has 0 aliphatic carbocycles. The molecule has 5 rings (SSSR count). The van der Waals surface area contributed by atoms with Crippen LogP contribution in [0.5, 0.6) is 0 Å². The first-order chi connectivity index (χ1) is 15.2. The molecule has 8 heteroatoms. The fourth-order valence-corrected chi connectivity index (χ4v) is 4.67. The summed E-state index contributed by atoms with van der Waals surface area (Å²) in [5.74, 6) is 0.754. The fourth-order valence-electron chi connectivity index (χ4n) is 3.72. The van der Waals surface area contributed by atoms with Crippen molar-refractivity contribution in [3.63, 3.8) is 0 Å². The molecular formula is C23H20ClN5OS. The molecule has 4 aromatic rings. The molecule has 156 valence electrons. The van der Waals surface area contributed by atoms with E-state index in [1.807, 2.05) is 77.0 Å². The summed E-state index contributed by atoms with van der Waals surface area (Å²) in [6.07, 6.45) is 0. The van der Waals surface area contributed by atoms with Gasteiger partial charge in [-0.25, -0.2) is 9.67 Å². The molecule has 0 atom stereocenters. The SMILES string of the molecule is O=C(c1nc(-c2cccs2)n(-c2ccccc2)n1)N1CCN(c2ccccc2Cl)CC1. The third-order valence-electron chi connectivity index (χ3n) is 5.30. The highest BCUT2D eigenvalue weighted by Crippen LogP contribution is 2.28. The molecule has 0 radical (unpaired) electrons. The molecule has 3 heterocycles. The molecule has 0 N–H and O–H groups in total. The number of thiophene rings is 1. The Hall–Kier alpha value is -3.16. The summed E-state index contributed by atoms with van der Waals surface area (Å²) in [6, 6.07) is 21.5. The van der Waals surface area contributed by atoms with E-state index in [9.17, 15) is 4.79 Å². The molecule has 2 aromatic heterocycles. The lowest BCUT2D eigenvalue weighted by molar-refractivity contribution is 0.0734. The normalized spacial score (nSPS) is 14.1. The van der Waals surface area contributed by atoms with E-state index in [0.717, 1.165) is 21.3 Å². The molecule has 0 saturated carbocycles. The second kappa shape index (κ2) is 8.53. The Balaban J connectivity index is 1.38. The lowest BCUT2D eigenvalue weighted by Crippen LogP contribution is -2.49. The van der Waals surface area contributed by atoms with Gasteiger partial charge in [0.1, 0.15) is 0 Å². The van der Waals surface area contributed by atoms with Crippen molar-refractivity contribution in [1.82, 2.24) is 19.7 Å². The van der Waals surface area contributed by atoms with E-state index in [-0.39, 0.29) is 11.7 Å². The van der Waals surface area contributed by atoms with Crippen molar-refractivity contribution < 1.29 is 4.79 Å². The summed E-state index contributed by atoms with van der Waals surface area (Å²) in [5, 5.41) is 7.31. The zero-order valence-electron chi connectivity index (χ0n) is 16.7. The summed E-state index contributed by atoms with van der Waals surface area (Å²) < 4.78 is 1.75. The predicted molar refractivity (Wildman–Crippen MR) is 124 cm³/mol. The molecule has 1 aliphatic rings. The average molecular weight is 450 g/mol. The molecule has 1 fully saturated rings. The van der Waals surface area contributed by atoms with Crippen LogP contribution in [0.2, 0.25) is 5.02 Å². The maximum absolute atomic E-state index is 13.2. The van der Waals surface area contributed by atoms with Crippen LogP contribution in [0.1, 0.15) is 10.6 Å². The van der Waals surface area contributed by atoms with Crippen LogP contribution in [0.3, 0.4) is 0 Å². The number of amides is 1. The van der Waals surface area contributed by atoms with Crippen LogP contribution in [-0.2, 0) is 0 Å². The molecule has 31 heavy (non-hydrogen) atoms. The second-order valence-corrected chi connectivity index (χ2v) is 8.57. The van der Waals surface area contributed by atoms with Crippen molar-refractivity contribution in [3.05, 3.63) is 83.0 Å². The number of rotatable bonds is 4. The molecule has 6 nitrogen and oxygen atoms in total. The monoisotopic (exact) mass is 449 g/mol. The number of halogens is 1. The highest BCUT2D eigenvalue weighted by atomic mass is 35.5. The van der Waals surface area contributed by atoms with Crippen LogP contribution in [0.4, 0.5) is 5.69 Å². The Labute approximate surface area is 189 Å². The standard InChI is InChI=1S/C23H20ClN5OS/c24-18-9-4-5-10-19(18)27-12-14-28(15-13-27)23(30)21-25-22(20-11-6-16-31-20)29(26-21)17-7-2-1-3-8-17/h1-11,16H,12-15H2. The summed E-state index contributed by atoms with van der Waals surface area (Å²) in [5.41, 5.74) is 1.88. The molecule has 0 unspecified atom stereocenters. The van der Waals surface area contributed by atoms with Crippen molar-refractivity contribution in [2.75, 3.05) is 31.1 Å². The molecule has 2 aromatic carbocycles. The summed E-state index contributed by atoms with van der Waals surface area (Å²) >= 11 is 7.91. The summed E-state index contributed by atoms with van der Waals surface area (Å²) in [7, 11) is 0. The maximum atomic E-state index is 13.2. The van der Waals surface area contributed by atoms with Crippen LogP contribution in [0.15, 0.2) is 72.1 Å². The van der Waals surface area contributed by atoms with Gasteiger partial charge in [-0.05, 0) is 35.7 Å². The molecule has 1 aliphatic heterocycles. The van der Waals surface area contributed by atoms with Crippen LogP contribution < -0.4 is 4.90 Å². The van der Waals surface area contributed by atoms with Gasteiger partial charge < -0.3 is 9.80 Å². The summed E-state index contributed by atoms with van der Waals surface area (Å²) in [6.45, 7) is 2.62. The summed E-state index contributed by atoms with van der Waals surface area (Å²) in [4.78, 5) is 22.8. The van der Waals surface area contributed by atoms with E-state index in [2.05, 4.69) is 15.0 Å². The average Bonchev–Trinajstić information content (AvgIpc) is 3.50. The zero-order chi connectivity index (χ0) is 21.2. The van der Waals surface area contributed by atoms with Crippen LogP contribution in [0.25, 0.3) is 16.4 Å². The first kappa shape index (κ1) is 19.8. The number of nitrogens with zero attached hydrogens (tertiary/aromatic N) is 5. The number of aromatic nitrogens is 3. The molecule has 0 spiro atoms. The van der Waals surface area contributed by atoms with Gasteiger partial charge >= 0.3 is 0 Å². The number of piperazine rings is 1. The van der Waals surface area contributed by atoms with E-state index in [1.54, 1.807) is 16.0 Å². The van der Waals surface area contributed by atoms with Crippen molar-refractivity contribution in [2.45, 2.75) is 0 Å². The van der Waals surface area contributed by atoms with Crippen LogP contribution in [-0.4, -0.2) is 51.8 Å². The third-order valence-corrected chi connectivity index (χ3v) is 6.49. The van der Waals surface area contributed by atoms with Crippen molar-refractivity contribution in [1.29, 1.82) is 0 Å². The van der Waals surface area contributed by atoms with Crippen molar-refractivity contribution in [2.24, 2.45) is 0 Å². The van der Waals surface area contributed by atoms with E-state index in [0.29, 0.717) is 32.0 Å². The number of benzene rings is 2. The molecule has 1 amide bonds. The minimum absolute atomic E-state index is 0.147. The first-order valence-electron chi connectivity index (χ1n) is 10.1. The Morgan fingerprint density at radius 3 is 2.35 bits per heavy atom. The Kier molecular flexibility index (Phi) is 5.44. The van der Waals surface area contributed by atoms with Gasteiger partial charge in [0.05, 0.1) is 21.3 Å². The quantitative estimate of drug-likeness (QED) is 0.456. The fraction of sp³-hybridized carbons (Fsp3) is 0.174. The number of hydrogen-bond acceptors (Lipinski definition) is 5. The minimum Gasteiger partial charge on any atom is -0.367 e. The van der Waals surface area contributed by atoms with Crippen LogP contribution >= 0.6 is 22.9 Å². The van der Waals surface area contributed by atoms with E-state index in [1.165, 1.54) is 0 Å². The Morgan fingerprint density at radius 2 is 1.65 bits per heavy atom. The molecule has 0 bridgehead atoms. The van der Waals surface area contributed by atoms with Gasteiger partial charge in [-0.15, -0.1) is 16.4 Å². The largest absolute Gasteiger partial charge is 0.367 e. The van der Waals surface area contributed by atoms with Gasteiger partial charge in [-0.1, -0.05) is 48.0 Å². The maximum Gasteiger partial charge on any atom is 0.293 e. The highest BCUT2D eigenvalue weighted by molar-refractivity contribution is 7.13. The van der Waals surface area contributed by atoms with E-state index >= 15 is 0 Å². The van der Waals surface area contributed by atoms with Crippen LogP contribution in [0, 0.1) is 0 Å². The Bertz CT molecular complexity index is 1180. The number of carbonyl (C=O) groups excluding carboxylic acids is 1. The first-order valence-corrected chi connectivity index (χ1v) is 11.3. The lowest BCUT2D eigenvalue weighted by atomic mass is 10.2. The second-order valence-electron chi connectivity index (χ2n) is 7.21. The van der Waals surface area contributed by atoms with Gasteiger partial charge in [0.25, 0.3) is 5.91 Å². The smallest absolute Gasteiger partial charge is 0.293 e. The van der Waals surface area contributed by atoms with Gasteiger partial charge in [-0.3, -0.25) is 4.79 Å². The lowest BCUT2D eigenvalue weighted by Gasteiger charge is -2.36. The number of anilines is 1. The van der Waals surface area contributed by atoms with Gasteiger partial charge in [0.15, 0.2) is 5.82 Å².